The molecule has 1 aromatic rings. The fourth-order valence-electron chi connectivity index (χ4n) is 1.38. The van der Waals surface area contributed by atoms with Gasteiger partial charge in [0, 0.05) is 18.3 Å². The van der Waals surface area contributed by atoms with Crippen LogP contribution in [0.15, 0.2) is 18.3 Å². The van der Waals surface area contributed by atoms with Crippen LogP contribution in [0, 0.1) is 0 Å². The van der Waals surface area contributed by atoms with Gasteiger partial charge < -0.3 is 10.8 Å². The summed E-state index contributed by atoms with van der Waals surface area (Å²) in [6.45, 7) is 4.69. The molecule has 0 saturated heterocycles. The summed E-state index contributed by atoms with van der Waals surface area (Å²) in [6, 6.07) is 3.81. The van der Waals surface area contributed by atoms with Gasteiger partial charge in [0.05, 0.1) is 6.61 Å². The van der Waals surface area contributed by atoms with Crippen molar-refractivity contribution in [3.05, 3.63) is 29.6 Å². The predicted molar refractivity (Wildman–Crippen MR) is 72.8 cm³/mol. The Morgan fingerprint density at radius 1 is 1.59 bits per heavy atom. The average molecular weight is 253 g/mol. The van der Waals surface area contributed by atoms with E-state index in [1.807, 2.05) is 37.9 Å². The second-order valence-electron chi connectivity index (χ2n) is 4.70. The highest BCUT2D eigenvalue weighted by atomic mass is 32.1. The van der Waals surface area contributed by atoms with Crippen molar-refractivity contribution in [1.29, 1.82) is 0 Å². The fraction of sp³-hybridized carbons (Fsp3) is 0.500. The summed E-state index contributed by atoms with van der Waals surface area (Å²) in [5.41, 5.74) is 6.98. The third-order valence-corrected chi connectivity index (χ3v) is 3.15. The molecule has 94 valence electrons. The lowest BCUT2D eigenvalue weighted by Gasteiger charge is -2.34. The first-order valence-corrected chi connectivity index (χ1v) is 5.85. The first kappa shape index (κ1) is 14.0. The van der Waals surface area contributed by atoms with Crippen molar-refractivity contribution in [1.82, 2.24) is 9.88 Å². The van der Waals surface area contributed by atoms with Crippen LogP contribution in [-0.2, 0) is 6.54 Å². The van der Waals surface area contributed by atoms with Gasteiger partial charge in [0.1, 0.15) is 10.7 Å². The number of pyridine rings is 1. The molecule has 0 aromatic carbocycles. The molecular weight excluding hydrogens is 234 g/mol. The molecule has 5 heteroatoms. The van der Waals surface area contributed by atoms with Gasteiger partial charge in [0.15, 0.2) is 0 Å². The molecule has 0 bridgehead atoms. The van der Waals surface area contributed by atoms with E-state index in [4.69, 9.17) is 18.0 Å². The average Bonchev–Trinajstić information content (AvgIpc) is 2.29. The van der Waals surface area contributed by atoms with E-state index in [9.17, 15) is 5.11 Å². The van der Waals surface area contributed by atoms with Gasteiger partial charge in [-0.25, -0.2) is 0 Å². The van der Waals surface area contributed by atoms with Gasteiger partial charge in [-0.1, -0.05) is 18.3 Å². The number of hydrogen-bond donors (Lipinski definition) is 2. The van der Waals surface area contributed by atoms with Crippen molar-refractivity contribution in [2.24, 2.45) is 5.73 Å². The predicted octanol–water partition coefficient (Wildman–Crippen LogP) is 0.919. The number of aliphatic hydroxyl groups is 1. The molecule has 0 aliphatic rings. The van der Waals surface area contributed by atoms with E-state index in [2.05, 4.69) is 4.98 Å². The van der Waals surface area contributed by atoms with E-state index in [-0.39, 0.29) is 12.1 Å². The lowest BCUT2D eigenvalue weighted by Crippen LogP contribution is -2.44. The minimum absolute atomic E-state index is 0.0895. The summed E-state index contributed by atoms with van der Waals surface area (Å²) in [4.78, 5) is 6.53. The summed E-state index contributed by atoms with van der Waals surface area (Å²) in [5.74, 6) is 0. The molecule has 0 aliphatic heterocycles. The second-order valence-corrected chi connectivity index (χ2v) is 5.14. The van der Waals surface area contributed by atoms with Crippen LogP contribution in [0.4, 0.5) is 0 Å². The Morgan fingerprint density at radius 3 is 2.76 bits per heavy atom. The SMILES string of the molecule is CN(Cc1cccnc1C(N)=S)C(C)(C)CO. The molecule has 0 unspecified atom stereocenters. The number of aromatic nitrogens is 1. The smallest absolute Gasteiger partial charge is 0.123 e. The van der Waals surface area contributed by atoms with E-state index in [1.165, 1.54) is 0 Å². The number of nitrogens with two attached hydrogens (primary N) is 1. The minimum Gasteiger partial charge on any atom is -0.394 e. The van der Waals surface area contributed by atoms with E-state index < -0.39 is 0 Å². The van der Waals surface area contributed by atoms with Crippen LogP contribution >= 0.6 is 12.2 Å². The Labute approximate surface area is 107 Å². The Bertz CT molecular complexity index is 406. The monoisotopic (exact) mass is 253 g/mol. The summed E-state index contributed by atoms with van der Waals surface area (Å²) in [5, 5.41) is 9.31. The van der Waals surface area contributed by atoms with E-state index in [0.29, 0.717) is 17.2 Å². The maximum absolute atomic E-state index is 9.31. The van der Waals surface area contributed by atoms with Crippen molar-refractivity contribution in [3.8, 4) is 0 Å². The molecule has 3 N–H and O–H groups in total. The Kier molecular flexibility index (Phi) is 4.56. The van der Waals surface area contributed by atoms with Gasteiger partial charge in [-0.2, -0.15) is 0 Å². The molecule has 0 amide bonds. The third-order valence-electron chi connectivity index (χ3n) is 2.95. The molecule has 0 saturated carbocycles. The molecule has 0 radical (unpaired) electrons. The van der Waals surface area contributed by atoms with Gasteiger partial charge >= 0.3 is 0 Å². The molecule has 0 fully saturated rings. The van der Waals surface area contributed by atoms with Gasteiger partial charge in [-0.15, -0.1) is 0 Å². The Balaban J connectivity index is 2.92. The van der Waals surface area contributed by atoms with Crippen molar-refractivity contribution in [2.75, 3.05) is 13.7 Å². The second kappa shape index (κ2) is 5.53. The van der Waals surface area contributed by atoms with Crippen molar-refractivity contribution >= 4 is 17.2 Å². The van der Waals surface area contributed by atoms with Crippen molar-refractivity contribution < 1.29 is 5.11 Å². The molecule has 0 spiro atoms. The highest BCUT2D eigenvalue weighted by molar-refractivity contribution is 7.80. The molecule has 0 atom stereocenters. The van der Waals surface area contributed by atoms with Crippen molar-refractivity contribution in [3.63, 3.8) is 0 Å². The van der Waals surface area contributed by atoms with Gasteiger partial charge in [-0.05, 0) is 32.5 Å². The van der Waals surface area contributed by atoms with Crippen molar-refractivity contribution in [2.45, 2.75) is 25.9 Å². The van der Waals surface area contributed by atoms with Gasteiger partial charge in [-0.3, -0.25) is 9.88 Å². The summed E-state index contributed by atoms with van der Waals surface area (Å²) >= 11 is 4.97. The van der Waals surface area contributed by atoms with Crippen LogP contribution in [0.2, 0.25) is 0 Å². The normalized spacial score (nSPS) is 11.8. The van der Waals surface area contributed by atoms with Gasteiger partial charge in [0.25, 0.3) is 0 Å². The van der Waals surface area contributed by atoms with Crippen LogP contribution in [0.1, 0.15) is 25.1 Å². The maximum atomic E-state index is 9.31. The van der Waals surface area contributed by atoms with E-state index in [1.54, 1.807) is 6.20 Å². The molecule has 1 rings (SSSR count). The van der Waals surface area contributed by atoms with Crippen LogP contribution in [0.25, 0.3) is 0 Å². The van der Waals surface area contributed by atoms with Crippen LogP contribution in [0.3, 0.4) is 0 Å². The highest BCUT2D eigenvalue weighted by Crippen LogP contribution is 2.16. The zero-order valence-electron chi connectivity index (χ0n) is 10.5. The zero-order chi connectivity index (χ0) is 13.1. The van der Waals surface area contributed by atoms with E-state index >= 15 is 0 Å². The number of aliphatic hydroxyl groups excluding tert-OH is 1. The quantitative estimate of drug-likeness (QED) is 0.764. The zero-order valence-corrected chi connectivity index (χ0v) is 11.3. The van der Waals surface area contributed by atoms with Gasteiger partial charge in [0.2, 0.25) is 0 Å². The topological polar surface area (TPSA) is 62.4 Å². The molecular formula is C12H19N3OS. The highest BCUT2D eigenvalue weighted by Gasteiger charge is 2.23. The molecule has 4 nitrogen and oxygen atoms in total. The van der Waals surface area contributed by atoms with E-state index in [0.717, 1.165) is 5.56 Å². The van der Waals surface area contributed by atoms with Crippen LogP contribution < -0.4 is 5.73 Å². The molecule has 0 aliphatic carbocycles. The fourth-order valence-corrected chi connectivity index (χ4v) is 1.56. The minimum atomic E-state index is -0.288. The van der Waals surface area contributed by atoms with Crippen LogP contribution in [-0.4, -0.2) is 39.2 Å². The number of nitrogens with zero attached hydrogens (tertiary/aromatic N) is 2. The third kappa shape index (κ3) is 3.46. The number of rotatable bonds is 5. The summed E-state index contributed by atoms with van der Waals surface area (Å²) in [7, 11) is 1.95. The summed E-state index contributed by atoms with van der Waals surface area (Å²) in [6.07, 6.45) is 1.68. The number of thiocarbonyl (C=S) groups is 1. The largest absolute Gasteiger partial charge is 0.394 e. The lowest BCUT2D eigenvalue weighted by atomic mass is 10.0. The summed E-state index contributed by atoms with van der Waals surface area (Å²) < 4.78 is 0. The Morgan fingerprint density at radius 2 is 2.24 bits per heavy atom. The maximum Gasteiger partial charge on any atom is 0.123 e. The van der Waals surface area contributed by atoms with Crippen LogP contribution in [0.5, 0.6) is 0 Å². The Hall–Kier alpha value is -1.04. The standard InChI is InChI=1S/C12H19N3OS/c1-12(2,8-16)15(3)7-9-5-4-6-14-10(9)11(13)17/h4-6,16H,7-8H2,1-3H3,(H2,13,17). The number of likely N-dealkylation sites (N-methyl/N-ethyl adjacent to an activating group) is 1. The molecule has 1 aromatic heterocycles. The lowest BCUT2D eigenvalue weighted by molar-refractivity contribution is 0.0733. The first-order chi connectivity index (χ1) is 7.88. The first-order valence-electron chi connectivity index (χ1n) is 5.44. The molecule has 1 heterocycles. The molecule has 17 heavy (non-hydrogen) atoms. The number of hydrogen-bond acceptors (Lipinski definition) is 4.